The van der Waals surface area contributed by atoms with Gasteiger partial charge in [0.2, 0.25) is 5.91 Å². The third-order valence-corrected chi connectivity index (χ3v) is 6.55. The van der Waals surface area contributed by atoms with Gasteiger partial charge >= 0.3 is 5.97 Å². The normalized spacial score (nSPS) is 12.2. The molecule has 11 nitrogen and oxygen atoms in total. The van der Waals surface area contributed by atoms with Crippen molar-refractivity contribution < 1.29 is 33.8 Å². The summed E-state index contributed by atoms with van der Waals surface area (Å²) in [5.74, 6) is -0.947. The van der Waals surface area contributed by atoms with Gasteiger partial charge in [0.15, 0.2) is 5.78 Å². The van der Waals surface area contributed by atoms with Gasteiger partial charge in [-0.25, -0.2) is 0 Å². The maximum Gasteiger partial charge on any atom is 0.303 e. The molecule has 0 atom stereocenters. The number of nitrogens with zero attached hydrogens (tertiary/aromatic N) is 1. The van der Waals surface area contributed by atoms with Gasteiger partial charge in [-0.15, -0.1) is 17.0 Å². The predicted molar refractivity (Wildman–Crippen MR) is 165 cm³/mol. The zero-order valence-electron chi connectivity index (χ0n) is 24.8. The van der Waals surface area contributed by atoms with Crippen molar-refractivity contribution in [2.75, 3.05) is 32.1 Å². The molecule has 12 heteroatoms. The lowest BCUT2D eigenvalue weighted by Crippen LogP contribution is -2.30. The lowest BCUT2D eigenvalue weighted by atomic mass is 9.84. The van der Waals surface area contributed by atoms with Gasteiger partial charge in [-0.3, -0.25) is 24.6 Å². The van der Waals surface area contributed by atoms with Crippen LogP contribution in [0.1, 0.15) is 84.9 Å². The number of aliphatic carboxylic acids is 1. The van der Waals surface area contributed by atoms with E-state index in [0.717, 1.165) is 5.56 Å². The highest BCUT2D eigenvalue weighted by Crippen LogP contribution is 2.39. The Bertz CT molecular complexity index is 1380. The van der Waals surface area contributed by atoms with Crippen molar-refractivity contribution in [3.8, 4) is 11.5 Å². The molecule has 0 spiro atoms. The fraction of sp³-hybridized carbons (Fsp3) is 0.433. The molecule has 0 aliphatic carbocycles. The van der Waals surface area contributed by atoms with E-state index in [-0.39, 0.29) is 66.4 Å². The number of carboxylic acid groups (broad SMARTS) is 1. The predicted octanol–water partition coefficient (Wildman–Crippen LogP) is 4.55. The maximum absolute atomic E-state index is 13.6. The third-order valence-electron chi connectivity index (χ3n) is 6.55. The van der Waals surface area contributed by atoms with E-state index >= 15 is 0 Å². The Balaban J connectivity index is 0.00000616. The van der Waals surface area contributed by atoms with Crippen LogP contribution in [-0.4, -0.2) is 66.2 Å². The largest absolute Gasteiger partial charge is 0.493 e. The zero-order valence-corrected chi connectivity index (χ0v) is 26.5. The lowest BCUT2D eigenvalue weighted by molar-refractivity contribution is -0.137. The zero-order chi connectivity index (χ0) is 30.5. The number of benzene rings is 2. The Labute approximate surface area is 256 Å². The van der Waals surface area contributed by atoms with Crippen LogP contribution < -0.4 is 20.1 Å². The summed E-state index contributed by atoms with van der Waals surface area (Å²) in [5, 5.41) is 23.0. The fourth-order valence-corrected chi connectivity index (χ4v) is 4.60. The van der Waals surface area contributed by atoms with E-state index in [0.29, 0.717) is 52.6 Å². The minimum Gasteiger partial charge on any atom is -0.493 e. The van der Waals surface area contributed by atoms with Crippen LogP contribution in [0.2, 0.25) is 0 Å². The highest BCUT2D eigenvalue weighted by Gasteiger charge is 2.31. The molecule has 0 fully saturated rings. The molecule has 4 N–H and O–H groups in total. The van der Waals surface area contributed by atoms with Crippen LogP contribution >= 0.6 is 17.0 Å². The van der Waals surface area contributed by atoms with Gasteiger partial charge in [-0.05, 0) is 48.6 Å². The number of rotatable bonds is 12. The lowest BCUT2D eigenvalue weighted by Gasteiger charge is -2.26. The number of carbonyl (C=O) groups excluding carboxylic acids is 3. The van der Waals surface area contributed by atoms with Crippen LogP contribution in [0.5, 0.6) is 11.5 Å². The van der Waals surface area contributed by atoms with E-state index in [1.807, 2.05) is 27.7 Å². The molecule has 42 heavy (non-hydrogen) atoms. The topological polar surface area (TPSA) is 158 Å². The molecule has 2 amide bonds. The first-order chi connectivity index (χ1) is 19.3. The summed E-state index contributed by atoms with van der Waals surface area (Å²) in [6, 6.07) is 6.64. The molecule has 0 unspecified atom stereocenters. The molecule has 2 aromatic rings. The van der Waals surface area contributed by atoms with Crippen molar-refractivity contribution in [1.82, 2.24) is 10.2 Å². The summed E-state index contributed by atoms with van der Waals surface area (Å²) in [5.41, 5.74) is 2.51. The number of Topliss-reactive ketones (excluding diaryl/α,β-unsaturated/α-hetero) is 1. The Kier molecular flexibility index (Phi) is 11.7. The summed E-state index contributed by atoms with van der Waals surface area (Å²) in [6.45, 7) is 9.71. The van der Waals surface area contributed by atoms with Crippen LogP contribution in [0.4, 0.5) is 5.69 Å². The highest BCUT2D eigenvalue weighted by atomic mass is 79.9. The van der Waals surface area contributed by atoms with Crippen LogP contribution in [0, 0.1) is 5.41 Å². The van der Waals surface area contributed by atoms with Crippen molar-refractivity contribution in [3.05, 3.63) is 52.1 Å². The summed E-state index contributed by atoms with van der Waals surface area (Å²) in [4.78, 5) is 50.6. The molecule has 3 rings (SSSR count). The second-order valence-corrected chi connectivity index (χ2v) is 10.8. The van der Waals surface area contributed by atoms with Crippen molar-refractivity contribution in [2.24, 2.45) is 0 Å². The number of hydrogen-bond donors (Lipinski definition) is 4. The van der Waals surface area contributed by atoms with Crippen LogP contribution in [-0.2, 0) is 21.5 Å². The molecular weight excluding hydrogens is 608 g/mol. The molecule has 0 bridgehead atoms. The van der Waals surface area contributed by atoms with Gasteiger partial charge in [-0.2, -0.15) is 0 Å². The van der Waals surface area contributed by atoms with E-state index in [1.165, 1.54) is 14.0 Å². The summed E-state index contributed by atoms with van der Waals surface area (Å²) in [6.07, 6.45) is 0.223. The van der Waals surface area contributed by atoms with E-state index in [2.05, 4.69) is 10.6 Å². The maximum atomic E-state index is 13.6. The quantitative estimate of drug-likeness (QED) is 0.193. The van der Waals surface area contributed by atoms with E-state index in [9.17, 15) is 19.2 Å². The average Bonchev–Trinajstić information content (AvgIpc) is 3.18. The molecule has 0 radical (unpaired) electrons. The second kappa shape index (κ2) is 14.3. The Hall–Kier alpha value is -3.93. The number of hydrogen-bond acceptors (Lipinski definition) is 7. The van der Waals surface area contributed by atoms with E-state index in [1.54, 1.807) is 29.2 Å². The first-order valence-electron chi connectivity index (χ1n) is 13.5. The molecule has 1 aliphatic rings. The second-order valence-electron chi connectivity index (χ2n) is 10.8. The average molecular weight is 648 g/mol. The summed E-state index contributed by atoms with van der Waals surface area (Å²) >= 11 is 0. The smallest absolute Gasteiger partial charge is 0.303 e. The van der Waals surface area contributed by atoms with Gasteiger partial charge in [-0.1, -0.05) is 20.8 Å². The van der Waals surface area contributed by atoms with Crippen molar-refractivity contribution in [1.29, 1.82) is 5.41 Å². The van der Waals surface area contributed by atoms with Gasteiger partial charge in [0.25, 0.3) is 5.91 Å². The number of fused-ring (bicyclic) bond motifs is 1. The standard InChI is InChI=1S/C30H38N4O7.BrH/c1-7-40-25-13-19-15-34(28(31)20(19)14-21(25)29(39)32-6)16-24(36)18-11-22(30(3,4)5)27(23(12-18)33-17(2)35)41-10-8-9-26(37)38;/h11-14,31H,7-10,15-16H2,1-6H3,(H,32,39)(H,33,35)(H,37,38);1H. The van der Waals surface area contributed by atoms with Crippen molar-refractivity contribution in [2.45, 2.75) is 59.4 Å². The van der Waals surface area contributed by atoms with Gasteiger partial charge < -0.3 is 30.1 Å². The first kappa shape index (κ1) is 34.3. The van der Waals surface area contributed by atoms with Crippen LogP contribution in [0.3, 0.4) is 0 Å². The van der Waals surface area contributed by atoms with E-state index < -0.39 is 11.4 Å². The number of ether oxygens (including phenoxy) is 2. The number of nitrogens with one attached hydrogen (secondary N) is 3. The van der Waals surface area contributed by atoms with Gasteiger partial charge in [0, 0.05) is 43.6 Å². The number of carboxylic acids is 1. The van der Waals surface area contributed by atoms with E-state index in [4.69, 9.17) is 20.0 Å². The SMILES string of the molecule is Br.CCOc1cc2c(cc1C(=O)NC)C(=N)N(CC(=O)c1cc(NC(C)=O)c(OCCCC(=O)O)c(C(C)(C)C)c1)C2. The highest BCUT2D eigenvalue weighted by molar-refractivity contribution is 8.93. The number of carbonyl (C=O) groups is 4. The number of halogens is 1. The molecule has 0 saturated carbocycles. The molecule has 1 aliphatic heterocycles. The van der Waals surface area contributed by atoms with Crippen molar-refractivity contribution in [3.63, 3.8) is 0 Å². The Morgan fingerprint density at radius 2 is 1.79 bits per heavy atom. The Morgan fingerprint density at radius 3 is 2.36 bits per heavy atom. The minimum absolute atomic E-state index is 0. The van der Waals surface area contributed by atoms with Crippen LogP contribution in [0.25, 0.3) is 0 Å². The number of amides is 2. The first-order valence-corrected chi connectivity index (χ1v) is 13.5. The number of ketones is 1. The molecular formula is C30H39BrN4O7. The summed E-state index contributed by atoms with van der Waals surface area (Å²) < 4.78 is 11.6. The van der Waals surface area contributed by atoms with Crippen LogP contribution in [0.15, 0.2) is 24.3 Å². The summed E-state index contributed by atoms with van der Waals surface area (Å²) in [7, 11) is 1.52. The fourth-order valence-electron chi connectivity index (χ4n) is 4.60. The molecule has 2 aromatic carbocycles. The molecule has 228 valence electrons. The van der Waals surface area contributed by atoms with Gasteiger partial charge in [0.1, 0.15) is 17.3 Å². The molecule has 1 heterocycles. The number of anilines is 1. The molecule has 0 aromatic heterocycles. The monoisotopic (exact) mass is 646 g/mol. The third kappa shape index (κ3) is 8.09. The van der Waals surface area contributed by atoms with Gasteiger partial charge in [0.05, 0.1) is 31.0 Å². The Morgan fingerprint density at radius 1 is 1.10 bits per heavy atom. The number of amidine groups is 1. The molecule has 0 saturated heterocycles. The minimum atomic E-state index is -0.929. The van der Waals surface area contributed by atoms with Crippen molar-refractivity contribution >= 4 is 52.1 Å².